The number of carbonyl (C=O) groups excluding carboxylic acids is 1. The van der Waals surface area contributed by atoms with Crippen LogP contribution in [0.15, 0.2) is 41.8 Å². The van der Waals surface area contributed by atoms with Crippen molar-refractivity contribution < 1.29 is 14.7 Å². The summed E-state index contributed by atoms with van der Waals surface area (Å²) < 4.78 is 0.645. The molecule has 3 rings (SSSR count). The first-order valence-electron chi connectivity index (χ1n) is 7.35. The molecule has 2 atom stereocenters. The Kier molecular flexibility index (Phi) is 3.83. The summed E-state index contributed by atoms with van der Waals surface area (Å²) >= 11 is 1.41. The Balaban J connectivity index is 2.09. The van der Waals surface area contributed by atoms with E-state index in [0.29, 0.717) is 16.0 Å². The number of nitrogens with zero attached hydrogens (tertiary/aromatic N) is 2. The Morgan fingerprint density at radius 2 is 2.00 bits per heavy atom. The van der Waals surface area contributed by atoms with Crippen molar-refractivity contribution in [2.45, 2.75) is 32.5 Å². The summed E-state index contributed by atoms with van der Waals surface area (Å²) in [7, 11) is 0. The van der Waals surface area contributed by atoms with Crippen LogP contribution in [0.4, 0.5) is 0 Å². The summed E-state index contributed by atoms with van der Waals surface area (Å²) in [5.41, 5.74) is 0.161. The SMILES string of the molecule is Cc1ccc(C(=O)[C@]2(C)N(O)[C@@H](C)C(c3cccs3)=[N+]2[O-])cc1. The van der Waals surface area contributed by atoms with E-state index in [9.17, 15) is 15.2 Å². The monoisotopic (exact) mass is 330 g/mol. The van der Waals surface area contributed by atoms with Gasteiger partial charge in [-0.25, -0.2) is 0 Å². The Morgan fingerprint density at radius 1 is 1.35 bits per heavy atom. The van der Waals surface area contributed by atoms with E-state index >= 15 is 0 Å². The first-order valence-corrected chi connectivity index (χ1v) is 8.23. The molecule has 2 aromatic rings. The third kappa shape index (κ3) is 2.30. The average molecular weight is 330 g/mol. The molecule has 0 saturated carbocycles. The minimum Gasteiger partial charge on any atom is -0.622 e. The number of hydrogen-bond donors (Lipinski definition) is 1. The highest BCUT2D eigenvalue weighted by Gasteiger charge is 2.58. The second kappa shape index (κ2) is 5.56. The van der Waals surface area contributed by atoms with Gasteiger partial charge in [0, 0.05) is 12.5 Å². The summed E-state index contributed by atoms with van der Waals surface area (Å²) in [5, 5.41) is 26.1. The van der Waals surface area contributed by atoms with Crippen molar-refractivity contribution in [1.82, 2.24) is 5.06 Å². The molecule has 120 valence electrons. The van der Waals surface area contributed by atoms with Gasteiger partial charge < -0.3 is 10.4 Å². The number of hydrogen-bond acceptors (Lipinski definition) is 5. The Morgan fingerprint density at radius 3 is 2.57 bits per heavy atom. The van der Waals surface area contributed by atoms with E-state index in [2.05, 4.69) is 0 Å². The second-order valence-electron chi connectivity index (χ2n) is 5.89. The lowest BCUT2D eigenvalue weighted by Crippen LogP contribution is -2.54. The summed E-state index contributed by atoms with van der Waals surface area (Å²) in [5.74, 6) is -0.423. The quantitative estimate of drug-likeness (QED) is 0.534. The lowest BCUT2D eigenvalue weighted by molar-refractivity contribution is -0.561. The highest BCUT2D eigenvalue weighted by Crippen LogP contribution is 2.32. The number of aryl methyl sites for hydroxylation is 1. The molecular weight excluding hydrogens is 312 g/mol. The van der Waals surface area contributed by atoms with Gasteiger partial charge in [-0.3, -0.25) is 4.79 Å². The zero-order valence-electron chi connectivity index (χ0n) is 13.2. The number of carbonyl (C=O) groups is 1. The van der Waals surface area contributed by atoms with Crippen LogP contribution in [0.2, 0.25) is 0 Å². The van der Waals surface area contributed by atoms with E-state index in [1.165, 1.54) is 18.3 Å². The molecule has 1 aliphatic heterocycles. The molecule has 0 amide bonds. The predicted octanol–water partition coefficient (Wildman–Crippen LogP) is 3.05. The molecule has 0 radical (unpaired) electrons. The minimum absolute atomic E-state index is 0.401. The molecule has 0 unspecified atom stereocenters. The molecule has 0 bridgehead atoms. The van der Waals surface area contributed by atoms with E-state index in [0.717, 1.165) is 15.5 Å². The second-order valence-corrected chi connectivity index (χ2v) is 6.84. The van der Waals surface area contributed by atoms with Crippen molar-refractivity contribution in [3.8, 4) is 0 Å². The summed E-state index contributed by atoms with van der Waals surface area (Å²) in [6, 6.07) is 10.1. The van der Waals surface area contributed by atoms with Gasteiger partial charge in [-0.1, -0.05) is 35.9 Å². The topological polar surface area (TPSA) is 66.6 Å². The molecule has 1 N–H and O–H groups in total. The highest BCUT2D eigenvalue weighted by molar-refractivity contribution is 7.12. The molecule has 23 heavy (non-hydrogen) atoms. The Hall–Kier alpha value is -2.02. The predicted molar refractivity (Wildman–Crippen MR) is 89.1 cm³/mol. The highest BCUT2D eigenvalue weighted by atomic mass is 32.1. The zero-order chi connectivity index (χ0) is 16.8. The van der Waals surface area contributed by atoms with E-state index in [-0.39, 0.29) is 0 Å². The number of benzene rings is 1. The van der Waals surface area contributed by atoms with Crippen LogP contribution in [0.25, 0.3) is 0 Å². The van der Waals surface area contributed by atoms with Crippen LogP contribution >= 0.6 is 11.3 Å². The van der Waals surface area contributed by atoms with Crippen LogP contribution in [0.5, 0.6) is 0 Å². The van der Waals surface area contributed by atoms with Gasteiger partial charge in [-0.15, -0.1) is 16.4 Å². The van der Waals surface area contributed by atoms with Gasteiger partial charge >= 0.3 is 5.66 Å². The van der Waals surface area contributed by atoms with Crippen molar-refractivity contribution in [1.29, 1.82) is 0 Å². The fraction of sp³-hybridized carbons (Fsp3) is 0.294. The smallest absolute Gasteiger partial charge is 0.312 e. The van der Waals surface area contributed by atoms with Crippen molar-refractivity contribution in [3.05, 3.63) is 63.0 Å². The van der Waals surface area contributed by atoms with Crippen molar-refractivity contribution in [3.63, 3.8) is 0 Å². The minimum atomic E-state index is -1.67. The third-order valence-electron chi connectivity index (χ3n) is 4.34. The number of hydroxylamine groups is 3. The van der Waals surface area contributed by atoms with E-state index in [1.54, 1.807) is 19.1 Å². The first-order chi connectivity index (χ1) is 10.9. The van der Waals surface area contributed by atoms with Gasteiger partial charge in [0.1, 0.15) is 6.04 Å². The van der Waals surface area contributed by atoms with E-state index in [1.807, 2.05) is 36.6 Å². The molecular formula is C17H18N2O3S. The fourth-order valence-corrected chi connectivity index (χ4v) is 3.73. The third-order valence-corrected chi connectivity index (χ3v) is 5.23. The van der Waals surface area contributed by atoms with Crippen molar-refractivity contribution >= 4 is 22.8 Å². The fourth-order valence-electron chi connectivity index (χ4n) is 2.90. The normalized spacial score (nSPS) is 25.1. The Bertz CT molecular complexity index is 768. The van der Waals surface area contributed by atoms with Gasteiger partial charge in [0.05, 0.1) is 4.88 Å². The first kappa shape index (κ1) is 15.9. The maximum Gasteiger partial charge on any atom is 0.312 e. The number of thiophene rings is 1. The number of Topliss-reactive ketones (excluding diaryl/α,β-unsaturated/α-hetero) is 1. The molecule has 5 nitrogen and oxygen atoms in total. The molecule has 1 aromatic heterocycles. The molecule has 2 heterocycles. The van der Waals surface area contributed by atoms with E-state index in [4.69, 9.17) is 0 Å². The maximum absolute atomic E-state index is 12.9. The van der Waals surface area contributed by atoms with Gasteiger partial charge in [-0.05, 0) is 25.3 Å². The van der Waals surface area contributed by atoms with Crippen LogP contribution < -0.4 is 0 Å². The van der Waals surface area contributed by atoms with Crippen LogP contribution in [0, 0.1) is 12.1 Å². The average Bonchev–Trinajstić information content (AvgIpc) is 3.12. The van der Waals surface area contributed by atoms with Crippen LogP contribution in [0.3, 0.4) is 0 Å². The molecule has 0 aliphatic carbocycles. The number of ketones is 1. The largest absolute Gasteiger partial charge is 0.622 e. The lowest BCUT2D eigenvalue weighted by Gasteiger charge is -2.27. The van der Waals surface area contributed by atoms with Crippen LogP contribution in [-0.2, 0) is 0 Å². The van der Waals surface area contributed by atoms with Gasteiger partial charge in [0.25, 0.3) is 5.78 Å². The molecule has 1 aliphatic rings. The van der Waals surface area contributed by atoms with Crippen molar-refractivity contribution in [2.24, 2.45) is 0 Å². The number of rotatable bonds is 3. The van der Waals surface area contributed by atoms with Crippen LogP contribution in [-0.4, -0.2) is 38.2 Å². The summed E-state index contributed by atoms with van der Waals surface area (Å²) in [6.45, 7) is 5.10. The van der Waals surface area contributed by atoms with Gasteiger partial charge in [0.15, 0.2) is 0 Å². The maximum atomic E-state index is 12.9. The molecule has 0 fully saturated rings. The van der Waals surface area contributed by atoms with Crippen LogP contribution in [0.1, 0.15) is 34.6 Å². The standard InChI is InChI=1S/C17H18N2O3S/c1-11-6-8-13(9-7-11)16(20)17(3)18(21)12(2)15(19(17)22)14-5-4-10-23-14/h4-10,12,21H,1-3H3/t12-,17+/m0/s1. The van der Waals surface area contributed by atoms with Crippen molar-refractivity contribution in [2.75, 3.05) is 0 Å². The van der Waals surface area contributed by atoms with Gasteiger partial charge in [-0.2, -0.15) is 4.74 Å². The summed E-state index contributed by atoms with van der Waals surface area (Å²) in [4.78, 5) is 13.7. The van der Waals surface area contributed by atoms with Gasteiger partial charge in [0.2, 0.25) is 5.71 Å². The zero-order valence-corrected chi connectivity index (χ0v) is 14.0. The molecule has 0 saturated heterocycles. The van der Waals surface area contributed by atoms with E-state index < -0.39 is 17.5 Å². The molecule has 6 heteroatoms. The Labute approximate surface area is 138 Å². The molecule has 0 spiro atoms. The molecule has 1 aromatic carbocycles. The summed E-state index contributed by atoms with van der Waals surface area (Å²) in [6.07, 6.45) is 0. The lowest BCUT2D eigenvalue weighted by atomic mass is 9.99.